The van der Waals surface area contributed by atoms with Crippen LogP contribution in [0.5, 0.6) is 0 Å². The molecule has 0 spiro atoms. The average Bonchev–Trinajstić information content (AvgIpc) is 2.97. The minimum Gasteiger partial charge on any atom is -0.350 e. The maximum Gasteiger partial charge on any atom is 0.282 e. The molecule has 3 aromatic rings. The first kappa shape index (κ1) is 22.5. The fraction of sp³-hybridized carbons (Fsp3) is 0.214. The van der Waals surface area contributed by atoms with Gasteiger partial charge in [0, 0.05) is 5.69 Å². The van der Waals surface area contributed by atoms with Gasteiger partial charge in [-0.25, -0.2) is 9.29 Å². The maximum atomic E-state index is 13.6. The molecule has 3 aromatic carbocycles. The molecule has 0 saturated carbocycles. The first-order chi connectivity index (χ1) is 15.5. The summed E-state index contributed by atoms with van der Waals surface area (Å²) < 4.78 is 13.6. The van der Waals surface area contributed by atoms with Crippen LogP contribution < -0.4 is 10.2 Å². The van der Waals surface area contributed by atoms with Crippen molar-refractivity contribution in [1.29, 1.82) is 0 Å². The molecule has 1 N–H and O–H groups in total. The number of aryl methyl sites for hydroxylation is 2. The number of imide groups is 1. The van der Waals surface area contributed by atoms with Crippen LogP contribution in [0, 0.1) is 19.7 Å². The number of hydrogen-bond acceptors (Lipinski definition) is 3. The number of nitrogens with one attached hydrogen (secondary N) is 1. The molecule has 0 unspecified atom stereocenters. The van der Waals surface area contributed by atoms with Crippen LogP contribution >= 0.6 is 0 Å². The number of amides is 2. The van der Waals surface area contributed by atoms with E-state index >= 15 is 0 Å². The van der Waals surface area contributed by atoms with Crippen LogP contribution in [0.2, 0.25) is 0 Å². The van der Waals surface area contributed by atoms with E-state index in [9.17, 15) is 14.0 Å². The molecule has 33 heavy (non-hydrogen) atoms. The lowest BCUT2D eigenvalue weighted by Crippen LogP contribution is -2.32. The molecular formula is C28H27FN2O2. The van der Waals surface area contributed by atoms with E-state index in [1.807, 2.05) is 44.2 Å². The van der Waals surface area contributed by atoms with Crippen LogP contribution in [0.4, 0.5) is 15.8 Å². The molecule has 0 radical (unpaired) electrons. The van der Waals surface area contributed by atoms with Crippen LogP contribution in [0.15, 0.2) is 72.4 Å². The highest BCUT2D eigenvalue weighted by Crippen LogP contribution is 2.35. The topological polar surface area (TPSA) is 49.4 Å². The molecule has 0 fully saturated rings. The first-order valence-corrected chi connectivity index (χ1v) is 10.9. The van der Waals surface area contributed by atoms with E-state index in [0.29, 0.717) is 16.9 Å². The van der Waals surface area contributed by atoms with E-state index in [1.165, 1.54) is 29.2 Å². The van der Waals surface area contributed by atoms with E-state index in [4.69, 9.17) is 0 Å². The van der Waals surface area contributed by atoms with Crippen molar-refractivity contribution in [3.8, 4) is 0 Å². The minimum atomic E-state index is -0.443. The van der Waals surface area contributed by atoms with E-state index < -0.39 is 17.6 Å². The van der Waals surface area contributed by atoms with Gasteiger partial charge in [0.25, 0.3) is 11.8 Å². The van der Waals surface area contributed by atoms with Crippen molar-refractivity contribution in [3.05, 3.63) is 100 Å². The highest BCUT2D eigenvalue weighted by atomic mass is 19.1. The van der Waals surface area contributed by atoms with Gasteiger partial charge in [-0.2, -0.15) is 0 Å². The number of benzene rings is 3. The SMILES string of the molecule is Cc1cc(C)cc(NC2=C(c3ccc(F)cc3)C(=O)N(c3ccc(C(C)(C)C)cc3)C2=O)c1. The lowest BCUT2D eigenvalue weighted by atomic mass is 9.87. The standard InChI is InChI=1S/C28H27FN2O2/c1-17-14-18(2)16-22(15-17)30-25-24(19-6-10-21(29)11-7-19)26(32)31(27(25)33)23-12-8-20(9-13-23)28(3,4)5/h6-16,30H,1-5H3. The van der Waals surface area contributed by atoms with E-state index in [0.717, 1.165) is 16.7 Å². The molecule has 0 saturated heterocycles. The lowest BCUT2D eigenvalue weighted by molar-refractivity contribution is -0.120. The normalized spacial score (nSPS) is 14.3. The predicted molar refractivity (Wildman–Crippen MR) is 130 cm³/mol. The third kappa shape index (κ3) is 4.44. The summed E-state index contributed by atoms with van der Waals surface area (Å²) in [7, 11) is 0. The van der Waals surface area contributed by atoms with Crippen molar-refractivity contribution in [2.75, 3.05) is 10.2 Å². The van der Waals surface area contributed by atoms with Gasteiger partial charge in [0.2, 0.25) is 0 Å². The Morgan fingerprint density at radius 2 is 1.36 bits per heavy atom. The Kier molecular flexibility index (Phi) is 5.66. The maximum absolute atomic E-state index is 13.6. The van der Waals surface area contributed by atoms with Crippen molar-refractivity contribution in [2.24, 2.45) is 0 Å². The van der Waals surface area contributed by atoms with Gasteiger partial charge < -0.3 is 5.32 Å². The zero-order valence-electron chi connectivity index (χ0n) is 19.5. The number of anilines is 2. The largest absolute Gasteiger partial charge is 0.350 e. The molecule has 1 heterocycles. The quantitative estimate of drug-likeness (QED) is 0.494. The Morgan fingerprint density at radius 1 is 0.788 bits per heavy atom. The van der Waals surface area contributed by atoms with Gasteiger partial charge >= 0.3 is 0 Å². The predicted octanol–water partition coefficient (Wildman–Crippen LogP) is 6.14. The van der Waals surface area contributed by atoms with Gasteiger partial charge in [0.15, 0.2) is 0 Å². The van der Waals surface area contributed by atoms with Gasteiger partial charge in [-0.1, -0.05) is 51.1 Å². The Morgan fingerprint density at radius 3 is 1.91 bits per heavy atom. The molecule has 4 nitrogen and oxygen atoms in total. The molecule has 0 bridgehead atoms. The van der Waals surface area contributed by atoms with E-state index in [1.54, 1.807) is 12.1 Å². The third-order valence-corrected chi connectivity index (χ3v) is 5.70. The molecular weight excluding hydrogens is 415 g/mol. The van der Waals surface area contributed by atoms with Crippen LogP contribution in [0.25, 0.3) is 5.57 Å². The molecule has 168 valence electrons. The van der Waals surface area contributed by atoms with Crippen LogP contribution in [0.3, 0.4) is 0 Å². The summed E-state index contributed by atoms with van der Waals surface area (Å²) in [5.74, 6) is -1.29. The molecule has 1 aliphatic rings. The zero-order valence-corrected chi connectivity index (χ0v) is 19.5. The number of halogens is 1. The summed E-state index contributed by atoms with van der Waals surface area (Å²) in [6.45, 7) is 10.3. The minimum absolute atomic E-state index is 0.0508. The van der Waals surface area contributed by atoms with Crippen molar-refractivity contribution in [2.45, 2.75) is 40.0 Å². The van der Waals surface area contributed by atoms with Gasteiger partial charge in [-0.05, 0) is 77.9 Å². The molecule has 0 atom stereocenters. The molecule has 5 heteroatoms. The van der Waals surface area contributed by atoms with Crippen LogP contribution in [-0.2, 0) is 15.0 Å². The van der Waals surface area contributed by atoms with Crippen LogP contribution in [-0.4, -0.2) is 11.8 Å². The van der Waals surface area contributed by atoms with Gasteiger partial charge in [0.1, 0.15) is 11.5 Å². The van der Waals surface area contributed by atoms with Crippen molar-refractivity contribution < 1.29 is 14.0 Å². The Hall–Kier alpha value is -3.73. The molecule has 2 amide bonds. The fourth-order valence-corrected chi connectivity index (χ4v) is 4.07. The smallest absolute Gasteiger partial charge is 0.282 e. The monoisotopic (exact) mass is 442 g/mol. The fourth-order valence-electron chi connectivity index (χ4n) is 4.07. The van der Waals surface area contributed by atoms with E-state index in [2.05, 4.69) is 26.1 Å². The average molecular weight is 443 g/mol. The summed E-state index contributed by atoms with van der Waals surface area (Å²) in [4.78, 5) is 28.2. The number of carbonyl (C=O) groups is 2. The van der Waals surface area contributed by atoms with E-state index in [-0.39, 0.29) is 16.7 Å². The second-order valence-corrected chi connectivity index (χ2v) is 9.50. The number of rotatable bonds is 4. The van der Waals surface area contributed by atoms with Gasteiger partial charge in [-0.15, -0.1) is 0 Å². The molecule has 0 aliphatic carbocycles. The third-order valence-electron chi connectivity index (χ3n) is 5.70. The number of carbonyl (C=O) groups excluding carboxylic acids is 2. The van der Waals surface area contributed by atoms with Crippen molar-refractivity contribution in [3.63, 3.8) is 0 Å². The molecule has 0 aromatic heterocycles. The number of hydrogen-bond donors (Lipinski definition) is 1. The summed E-state index contributed by atoms with van der Waals surface area (Å²) in [5, 5.41) is 3.18. The molecule has 1 aliphatic heterocycles. The summed E-state index contributed by atoms with van der Waals surface area (Å²) in [6.07, 6.45) is 0. The molecule has 4 rings (SSSR count). The Bertz CT molecular complexity index is 1250. The Balaban J connectivity index is 1.79. The summed E-state index contributed by atoms with van der Waals surface area (Å²) >= 11 is 0. The Labute approximate surface area is 193 Å². The lowest BCUT2D eigenvalue weighted by Gasteiger charge is -2.21. The first-order valence-electron chi connectivity index (χ1n) is 10.9. The van der Waals surface area contributed by atoms with Gasteiger partial charge in [-0.3, -0.25) is 9.59 Å². The second-order valence-electron chi connectivity index (χ2n) is 9.50. The second kappa shape index (κ2) is 8.32. The van der Waals surface area contributed by atoms with Gasteiger partial charge in [0.05, 0.1) is 11.3 Å². The highest BCUT2D eigenvalue weighted by Gasteiger charge is 2.40. The highest BCUT2D eigenvalue weighted by molar-refractivity contribution is 6.46. The van der Waals surface area contributed by atoms with Crippen LogP contribution in [0.1, 0.15) is 43.0 Å². The van der Waals surface area contributed by atoms with Crippen molar-refractivity contribution in [1.82, 2.24) is 0 Å². The summed E-state index contributed by atoms with van der Waals surface area (Å²) in [6, 6.07) is 18.9. The number of nitrogens with zero attached hydrogens (tertiary/aromatic N) is 1. The summed E-state index contributed by atoms with van der Waals surface area (Å²) in [5.41, 5.74) is 5.21. The van der Waals surface area contributed by atoms with Crippen molar-refractivity contribution >= 4 is 28.8 Å². The zero-order chi connectivity index (χ0) is 23.9.